The molecule has 0 amide bonds. The zero-order chi connectivity index (χ0) is 17.7. The van der Waals surface area contributed by atoms with Gasteiger partial charge in [0.2, 0.25) is 16.8 Å². The summed E-state index contributed by atoms with van der Waals surface area (Å²) in [7, 11) is -3.37. The highest BCUT2D eigenvalue weighted by Crippen LogP contribution is 2.34. The van der Waals surface area contributed by atoms with Gasteiger partial charge < -0.3 is 14.6 Å². The Hall–Kier alpha value is -2.09. The second-order valence-corrected chi connectivity index (χ2v) is 7.79. The van der Waals surface area contributed by atoms with Crippen molar-refractivity contribution in [1.82, 2.24) is 4.72 Å². The number of nitrogens with one attached hydrogen (secondary N) is 1. The van der Waals surface area contributed by atoms with Crippen molar-refractivity contribution >= 4 is 10.0 Å². The molecule has 2 aromatic carbocycles. The van der Waals surface area contributed by atoms with Gasteiger partial charge in [-0.3, -0.25) is 0 Å². The fraction of sp³-hybridized carbons (Fsp3) is 0.333. The summed E-state index contributed by atoms with van der Waals surface area (Å²) in [6.45, 7) is 0.350. The molecule has 1 unspecified atom stereocenters. The van der Waals surface area contributed by atoms with Gasteiger partial charge in [0.1, 0.15) is 0 Å². The van der Waals surface area contributed by atoms with Gasteiger partial charge in [0, 0.05) is 6.54 Å². The standard InChI is InChI=1S/C18H21NO5S/c20-16(15-6-7-17-18(12-15)24-13-23-17)8-10-19-25(21,22)11-9-14-4-2-1-3-5-14/h1-7,12,16,19-20H,8-11,13H2. The van der Waals surface area contributed by atoms with Gasteiger partial charge >= 0.3 is 0 Å². The SMILES string of the molecule is O=S(=O)(CCc1ccccc1)NCCC(O)c1ccc2c(c1)OCO2. The summed E-state index contributed by atoms with van der Waals surface area (Å²) in [4.78, 5) is 0. The van der Waals surface area contributed by atoms with Crippen molar-refractivity contribution in [2.24, 2.45) is 0 Å². The van der Waals surface area contributed by atoms with Crippen molar-refractivity contribution in [3.05, 3.63) is 59.7 Å². The maximum Gasteiger partial charge on any atom is 0.231 e. The number of sulfonamides is 1. The average Bonchev–Trinajstić information content (AvgIpc) is 3.08. The molecule has 0 saturated carbocycles. The number of hydrogen-bond acceptors (Lipinski definition) is 5. The molecule has 0 fully saturated rings. The lowest BCUT2D eigenvalue weighted by Crippen LogP contribution is -2.29. The topological polar surface area (TPSA) is 84.9 Å². The van der Waals surface area contributed by atoms with Gasteiger partial charge in [0.15, 0.2) is 11.5 Å². The molecule has 1 aliphatic heterocycles. The van der Waals surface area contributed by atoms with Crippen LogP contribution in [0.3, 0.4) is 0 Å². The van der Waals surface area contributed by atoms with Gasteiger partial charge in [0.25, 0.3) is 0 Å². The van der Waals surface area contributed by atoms with Crippen LogP contribution in [0.4, 0.5) is 0 Å². The summed E-state index contributed by atoms with van der Waals surface area (Å²) < 4.78 is 37.1. The molecule has 0 spiro atoms. The Balaban J connectivity index is 1.46. The van der Waals surface area contributed by atoms with E-state index in [4.69, 9.17) is 9.47 Å². The number of aryl methyl sites for hydroxylation is 1. The monoisotopic (exact) mass is 363 g/mol. The maximum atomic E-state index is 12.0. The van der Waals surface area contributed by atoms with E-state index in [2.05, 4.69) is 4.72 Å². The molecule has 2 aromatic rings. The van der Waals surface area contributed by atoms with E-state index in [0.29, 0.717) is 23.5 Å². The van der Waals surface area contributed by atoms with Crippen LogP contribution in [0.2, 0.25) is 0 Å². The third-order valence-corrected chi connectivity index (χ3v) is 5.41. The second kappa shape index (κ2) is 7.86. The Morgan fingerprint density at radius 1 is 1.08 bits per heavy atom. The van der Waals surface area contributed by atoms with Crippen LogP contribution in [-0.4, -0.2) is 32.6 Å². The van der Waals surface area contributed by atoms with Crippen LogP contribution in [0.15, 0.2) is 48.5 Å². The smallest absolute Gasteiger partial charge is 0.231 e. The zero-order valence-corrected chi connectivity index (χ0v) is 14.5. The number of aliphatic hydroxyl groups excluding tert-OH is 1. The highest BCUT2D eigenvalue weighted by Gasteiger charge is 2.17. The van der Waals surface area contributed by atoms with E-state index in [1.165, 1.54) is 0 Å². The van der Waals surface area contributed by atoms with E-state index in [1.807, 2.05) is 30.3 Å². The molecular formula is C18H21NO5S. The highest BCUT2D eigenvalue weighted by molar-refractivity contribution is 7.89. The summed E-state index contributed by atoms with van der Waals surface area (Å²) in [6, 6.07) is 14.7. The van der Waals surface area contributed by atoms with E-state index < -0.39 is 16.1 Å². The van der Waals surface area contributed by atoms with Crippen LogP contribution < -0.4 is 14.2 Å². The number of aliphatic hydroxyl groups is 1. The molecule has 134 valence electrons. The van der Waals surface area contributed by atoms with Crippen LogP contribution >= 0.6 is 0 Å². The Morgan fingerprint density at radius 2 is 1.84 bits per heavy atom. The Morgan fingerprint density at radius 3 is 2.64 bits per heavy atom. The van der Waals surface area contributed by atoms with E-state index >= 15 is 0 Å². The van der Waals surface area contributed by atoms with Crippen LogP contribution in [0.25, 0.3) is 0 Å². The highest BCUT2D eigenvalue weighted by atomic mass is 32.2. The van der Waals surface area contributed by atoms with Gasteiger partial charge in [-0.25, -0.2) is 13.1 Å². The van der Waals surface area contributed by atoms with Gasteiger partial charge in [-0.2, -0.15) is 0 Å². The van der Waals surface area contributed by atoms with E-state index in [0.717, 1.165) is 5.56 Å². The van der Waals surface area contributed by atoms with Crippen molar-refractivity contribution in [2.75, 3.05) is 19.1 Å². The molecule has 1 atom stereocenters. The largest absolute Gasteiger partial charge is 0.454 e. The average molecular weight is 363 g/mol. The third-order valence-electron chi connectivity index (χ3n) is 4.02. The Bertz CT molecular complexity index is 807. The Kier molecular flexibility index (Phi) is 5.57. The molecule has 3 rings (SSSR count). The first-order chi connectivity index (χ1) is 12.0. The number of rotatable bonds is 8. The fourth-order valence-electron chi connectivity index (χ4n) is 2.61. The molecule has 0 aliphatic carbocycles. The van der Waals surface area contributed by atoms with E-state index in [9.17, 15) is 13.5 Å². The van der Waals surface area contributed by atoms with Gasteiger partial charge in [-0.15, -0.1) is 0 Å². The normalized spacial score (nSPS) is 14.4. The Labute approximate surface area is 147 Å². The summed E-state index contributed by atoms with van der Waals surface area (Å²) >= 11 is 0. The minimum Gasteiger partial charge on any atom is -0.454 e. The summed E-state index contributed by atoms with van der Waals surface area (Å²) in [6.07, 6.45) is -0.0308. The van der Waals surface area contributed by atoms with Crippen LogP contribution in [0, 0.1) is 0 Å². The van der Waals surface area contributed by atoms with Crippen molar-refractivity contribution in [3.8, 4) is 11.5 Å². The minimum absolute atomic E-state index is 0.0249. The van der Waals surface area contributed by atoms with Crippen molar-refractivity contribution in [3.63, 3.8) is 0 Å². The van der Waals surface area contributed by atoms with Crippen LogP contribution in [-0.2, 0) is 16.4 Å². The quantitative estimate of drug-likeness (QED) is 0.749. The number of hydrogen-bond donors (Lipinski definition) is 2. The van der Waals surface area contributed by atoms with Crippen molar-refractivity contribution in [2.45, 2.75) is 18.9 Å². The first-order valence-electron chi connectivity index (χ1n) is 8.12. The molecular weight excluding hydrogens is 342 g/mol. The lowest BCUT2D eigenvalue weighted by atomic mass is 10.1. The van der Waals surface area contributed by atoms with E-state index in [1.54, 1.807) is 18.2 Å². The lowest BCUT2D eigenvalue weighted by molar-refractivity contribution is 0.166. The van der Waals surface area contributed by atoms with Gasteiger partial charge in [-0.1, -0.05) is 36.4 Å². The minimum atomic E-state index is -3.37. The molecule has 2 N–H and O–H groups in total. The predicted octanol–water partition coefficient (Wildman–Crippen LogP) is 2.00. The van der Waals surface area contributed by atoms with Crippen molar-refractivity contribution in [1.29, 1.82) is 0 Å². The fourth-order valence-corrected chi connectivity index (χ4v) is 3.68. The third kappa shape index (κ3) is 4.94. The predicted molar refractivity (Wildman–Crippen MR) is 94.1 cm³/mol. The van der Waals surface area contributed by atoms with Gasteiger partial charge in [0.05, 0.1) is 11.9 Å². The molecule has 7 heteroatoms. The molecule has 0 saturated heterocycles. The molecule has 1 heterocycles. The van der Waals surface area contributed by atoms with Crippen molar-refractivity contribution < 1.29 is 23.0 Å². The maximum absolute atomic E-state index is 12.0. The van der Waals surface area contributed by atoms with Crippen LogP contribution in [0.5, 0.6) is 11.5 Å². The van der Waals surface area contributed by atoms with Crippen LogP contribution in [0.1, 0.15) is 23.7 Å². The molecule has 0 bridgehead atoms. The summed E-state index contributed by atoms with van der Waals surface area (Å²) in [5.41, 5.74) is 1.65. The second-order valence-electron chi connectivity index (χ2n) is 5.87. The first kappa shape index (κ1) is 17.7. The molecule has 0 radical (unpaired) electrons. The van der Waals surface area contributed by atoms with E-state index in [-0.39, 0.29) is 25.5 Å². The molecule has 0 aromatic heterocycles. The van der Waals surface area contributed by atoms with Gasteiger partial charge in [-0.05, 0) is 36.1 Å². The molecule has 25 heavy (non-hydrogen) atoms. The first-order valence-corrected chi connectivity index (χ1v) is 9.77. The number of benzene rings is 2. The lowest BCUT2D eigenvalue weighted by Gasteiger charge is -2.12. The summed E-state index contributed by atoms with van der Waals surface area (Å²) in [5, 5.41) is 10.2. The zero-order valence-electron chi connectivity index (χ0n) is 13.7. The molecule has 1 aliphatic rings. The number of ether oxygens (including phenoxy) is 2. The summed E-state index contributed by atoms with van der Waals surface area (Å²) in [5.74, 6) is 1.27. The molecule has 6 nitrogen and oxygen atoms in total. The number of fused-ring (bicyclic) bond motifs is 1.